The fraction of sp³-hybridized carbons (Fsp3) is 0.625. The lowest BCUT2D eigenvalue weighted by Gasteiger charge is -2.22. The molecular weight excluding hydrogens is 270 g/mol. The van der Waals surface area contributed by atoms with E-state index < -0.39 is 10.8 Å². The molecule has 0 fully saturated rings. The van der Waals surface area contributed by atoms with Crippen LogP contribution in [0.15, 0.2) is 18.2 Å². The summed E-state index contributed by atoms with van der Waals surface area (Å²) in [4.78, 5) is 0. The Morgan fingerprint density at radius 2 is 2.05 bits per heavy atom. The maximum Gasteiger partial charge on any atom is 0.123 e. The normalized spacial score (nSPS) is 14.3. The van der Waals surface area contributed by atoms with Crippen molar-refractivity contribution in [3.05, 3.63) is 29.3 Å². The van der Waals surface area contributed by atoms with Crippen molar-refractivity contribution in [2.24, 2.45) is 0 Å². The monoisotopic (exact) mass is 297 g/mol. The summed E-state index contributed by atoms with van der Waals surface area (Å²) >= 11 is 0. The highest BCUT2D eigenvalue weighted by Crippen LogP contribution is 2.27. The van der Waals surface area contributed by atoms with E-state index in [9.17, 15) is 4.21 Å². The van der Waals surface area contributed by atoms with Gasteiger partial charge in [0.2, 0.25) is 0 Å². The van der Waals surface area contributed by atoms with Gasteiger partial charge in [0.15, 0.2) is 0 Å². The van der Waals surface area contributed by atoms with Gasteiger partial charge >= 0.3 is 0 Å². The molecule has 0 amide bonds. The zero-order valence-corrected chi connectivity index (χ0v) is 14.0. The minimum atomic E-state index is -0.841. The molecule has 2 unspecified atom stereocenters. The zero-order valence-electron chi connectivity index (χ0n) is 13.2. The third-order valence-corrected chi connectivity index (χ3v) is 4.97. The molecule has 1 aromatic carbocycles. The van der Waals surface area contributed by atoms with Crippen LogP contribution in [0.25, 0.3) is 0 Å². The molecule has 4 heteroatoms. The predicted molar refractivity (Wildman–Crippen MR) is 86.9 cm³/mol. The third kappa shape index (κ3) is 4.91. The van der Waals surface area contributed by atoms with Crippen molar-refractivity contribution in [1.82, 2.24) is 5.32 Å². The van der Waals surface area contributed by atoms with Crippen molar-refractivity contribution in [2.75, 3.05) is 19.4 Å². The van der Waals surface area contributed by atoms with E-state index in [-0.39, 0.29) is 11.3 Å². The number of ether oxygens (including phenoxy) is 1. The lowest BCUT2D eigenvalue weighted by atomic mass is 10.0. The van der Waals surface area contributed by atoms with Crippen LogP contribution in [0.2, 0.25) is 0 Å². The first-order chi connectivity index (χ1) is 9.49. The maximum absolute atomic E-state index is 12.2. The number of methoxy groups -OCH3 is 1. The van der Waals surface area contributed by atoms with Gasteiger partial charge < -0.3 is 10.1 Å². The topological polar surface area (TPSA) is 38.3 Å². The van der Waals surface area contributed by atoms with Crippen molar-refractivity contribution < 1.29 is 8.95 Å². The molecule has 1 aromatic rings. The molecular formula is C16H27NO2S. The summed E-state index contributed by atoms with van der Waals surface area (Å²) in [6.45, 7) is 9.12. The molecule has 0 heterocycles. The average molecular weight is 297 g/mol. The maximum atomic E-state index is 12.2. The lowest BCUT2D eigenvalue weighted by molar-refractivity contribution is 0.402. The first-order valence-corrected chi connectivity index (χ1v) is 8.62. The first kappa shape index (κ1) is 17.2. The van der Waals surface area contributed by atoms with Crippen LogP contribution in [0.3, 0.4) is 0 Å². The number of nitrogens with one attached hydrogen (secondary N) is 1. The summed E-state index contributed by atoms with van der Waals surface area (Å²) in [5, 5.41) is 3.68. The number of hydrogen-bond donors (Lipinski definition) is 1. The van der Waals surface area contributed by atoms with E-state index >= 15 is 0 Å². The Labute approximate surface area is 125 Å². The average Bonchev–Trinajstić information content (AvgIpc) is 2.42. The summed E-state index contributed by atoms with van der Waals surface area (Å²) < 4.78 is 17.7. The van der Waals surface area contributed by atoms with Gasteiger partial charge in [-0.15, -0.1) is 0 Å². The second-order valence-corrected chi connectivity index (χ2v) is 7.39. The number of hydrogen-bond acceptors (Lipinski definition) is 3. The SMILES string of the molecule is CCCNC(CS(=O)C(C)C)c1cc(C)ccc1OC. The van der Waals surface area contributed by atoms with Crippen molar-refractivity contribution >= 4 is 10.8 Å². The Morgan fingerprint density at radius 3 is 2.60 bits per heavy atom. The highest BCUT2D eigenvalue weighted by Gasteiger charge is 2.20. The van der Waals surface area contributed by atoms with Crippen molar-refractivity contribution in [1.29, 1.82) is 0 Å². The van der Waals surface area contributed by atoms with E-state index in [4.69, 9.17) is 4.74 Å². The molecule has 3 nitrogen and oxygen atoms in total. The van der Waals surface area contributed by atoms with Crippen LogP contribution >= 0.6 is 0 Å². The van der Waals surface area contributed by atoms with Gasteiger partial charge in [0, 0.05) is 33.4 Å². The quantitative estimate of drug-likeness (QED) is 0.801. The van der Waals surface area contributed by atoms with Crippen LogP contribution in [-0.4, -0.2) is 28.9 Å². The molecule has 0 saturated carbocycles. The summed E-state index contributed by atoms with van der Waals surface area (Å²) in [6, 6.07) is 6.24. The van der Waals surface area contributed by atoms with Crippen molar-refractivity contribution in [3.8, 4) is 5.75 Å². The van der Waals surface area contributed by atoms with Crippen LogP contribution in [-0.2, 0) is 10.8 Å². The zero-order chi connectivity index (χ0) is 15.1. The van der Waals surface area contributed by atoms with Crippen LogP contribution in [0.4, 0.5) is 0 Å². The standard InChI is InChI=1S/C16H27NO2S/c1-6-9-17-15(11-20(18)12(2)3)14-10-13(4)7-8-16(14)19-5/h7-8,10,12,15,17H,6,9,11H2,1-5H3. The second kappa shape index (κ2) is 8.42. The third-order valence-electron chi connectivity index (χ3n) is 3.26. The largest absolute Gasteiger partial charge is 0.496 e. The van der Waals surface area contributed by atoms with Gasteiger partial charge in [-0.2, -0.15) is 0 Å². The van der Waals surface area contributed by atoms with E-state index in [1.807, 2.05) is 26.0 Å². The molecule has 0 aliphatic rings. The highest BCUT2D eigenvalue weighted by atomic mass is 32.2. The molecule has 20 heavy (non-hydrogen) atoms. The Morgan fingerprint density at radius 1 is 1.35 bits per heavy atom. The van der Waals surface area contributed by atoms with E-state index in [1.165, 1.54) is 5.56 Å². The molecule has 114 valence electrons. The van der Waals surface area contributed by atoms with Crippen LogP contribution in [0.1, 0.15) is 44.4 Å². The smallest absolute Gasteiger partial charge is 0.123 e. The Balaban J connectivity index is 3.02. The molecule has 0 bridgehead atoms. The fourth-order valence-corrected chi connectivity index (χ4v) is 3.07. The Bertz CT molecular complexity index is 446. The van der Waals surface area contributed by atoms with Gasteiger partial charge in [0.05, 0.1) is 7.11 Å². The van der Waals surface area contributed by atoms with E-state index in [0.717, 1.165) is 24.3 Å². The Kier molecular flexibility index (Phi) is 7.24. The van der Waals surface area contributed by atoms with Gasteiger partial charge in [0.25, 0.3) is 0 Å². The molecule has 0 aromatic heterocycles. The molecule has 0 radical (unpaired) electrons. The predicted octanol–water partition coefficient (Wildman–Crippen LogP) is 3.20. The molecule has 2 atom stereocenters. The highest BCUT2D eigenvalue weighted by molar-refractivity contribution is 7.85. The van der Waals surface area contributed by atoms with Crippen LogP contribution in [0, 0.1) is 6.92 Å². The van der Waals surface area contributed by atoms with Crippen LogP contribution < -0.4 is 10.1 Å². The molecule has 0 aliphatic carbocycles. The minimum absolute atomic E-state index is 0.0769. The number of aryl methyl sites for hydroxylation is 1. The van der Waals surface area contributed by atoms with E-state index in [1.54, 1.807) is 7.11 Å². The lowest BCUT2D eigenvalue weighted by Crippen LogP contribution is -2.29. The van der Waals surface area contributed by atoms with E-state index in [0.29, 0.717) is 5.75 Å². The van der Waals surface area contributed by atoms with E-state index in [2.05, 4.69) is 25.2 Å². The summed E-state index contributed by atoms with van der Waals surface area (Å²) in [6.07, 6.45) is 1.05. The van der Waals surface area contributed by atoms with Gasteiger partial charge in [-0.1, -0.05) is 38.5 Å². The van der Waals surface area contributed by atoms with Crippen LogP contribution in [0.5, 0.6) is 5.75 Å². The molecule has 1 N–H and O–H groups in total. The summed E-state index contributed by atoms with van der Waals surface area (Å²) in [7, 11) is 0.844. The van der Waals surface area contributed by atoms with Crippen molar-refractivity contribution in [2.45, 2.75) is 45.4 Å². The molecule has 1 rings (SSSR count). The van der Waals surface area contributed by atoms with Crippen molar-refractivity contribution in [3.63, 3.8) is 0 Å². The second-order valence-electron chi connectivity index (χ2n) is 5.35. The van der Waals surface area contributed by atoms with Gasteiger partial charge in [-0.3, -0.25) is 4.21 Å². The van der Waals surface area contributed by atoms with Gasteiger partial charge in [-0.05, 0) is 26.0 Å². The number of rotatable bonds is 8. The minimum Gasteiger partial charge on any atom is -0.496 e. The summed E-state index contributed by atoms with van der Waals surface area (Å²) in [5.41, 5.74) is 2.30. The van der Waals surface area contributed by atoms with Gasteiger partial charge in [-0.25, -0.2) is 0 Å². The molecule has 0 aliphatic heterocycles. The molecule has 0 spiro atoms. The summed E-state index contributed by atoms with van der Waals surface area (Å²) in [5.74, 6) is 1.49. The Hall–Kier alpha value is -0.870. The number of benzene rings is 1. The fourth-order valence-electron chi connectivity index (χ4n) is 2.06. The molecule has 0 saturated heterocycles. The van der Waals surface area contributed by atoms with Gasteiger partial charge in [0.1, 0.15) is 5.75 Å². The first-order valence-electron chi connectivity index (χ1n) is 7.24.